The second-order valence-corrected chi connectivity index (χ2v) is 5.80. The smallest absolute Gasteiger partial charge is 0.201 e. The van der Waals surface area contributed by atoms with E-state index in [1.807, 2.05) is 34.5 Å². The van der Waals surface area contributed by atoms with Gasteiger partial charge in [0.15, 0.2) is 0 Å². The number of nitrogens with zero attached hydrogens (tertiary/aromatic N) is 2. The molecule has 1 heterocycles. The van der Waals surface area contributed by atoms with Gasteiger partial charge >= 0.3 is 0 Å². The van der Waals surface area contributed by atoms with Gasteiger partial charge in [0, 0.05) is 16.8 Å². The summed E-state index contributed by atoms with van der Waals surface area (Å²) < 4.78 is 2.04. The summed E-state index contributed by atoms with van der Waals surface area (Å²) in [5.74, 6) is 0.565. The molecule has 0 amide bonds. The first-order valence-corrected chi connectivity index (χ1v) is 7.22. The van der Waals surface area contributed by atoms with Crippen LogP contribution in [0.15, 0.2) is 18.2 Å². The number of hydrogen-bond acceptors (Lipinski definition) is 3. The van der Waals surface area contributed by atoms with Gasteiger partial charge in [0.2, 0.25) is 5.95 Å². The Bertz CT molecular complexity index is 524. The summed E-state index contributed by atoms with van der Waals surface area (Å²) in [7, 11) is 0. The van der Waals surface area contributed by atoms with Gasteiger partial charge in [-0.05, 0) is 30.9 Å². The molecule has 3 nitrogen and oxygen atoms in total. The average Bonchev–Trinajstić information content (AvgIpc) is 2.61. The summed E-state index contributed by atoms with van der Waals surface area (Å²) in [6.45, 7) is 3.09. The van der Waals surface area contributed by atoms with Crippen molar-refractivity contribution in [3.63, 3.8) is 0 Å². The predicted molar refractivity (Wildman–Crippen MR) is 76.7 cm³/mol. The van der Waals surface area contributed by atoms with E-state index in [0.29, 0.717) is 11.2 Å². The molecular formula is C12H16ClN3S. The molecule has 17 heavy (non-hydrogen) atoms. The first-order valence-electron chi connectivity index (χ1n) is 5.56. The number of nitrogens with two attached hydrogens (primary N) is 1. The van der Waals surface area contributed by atoms with Gasteiger partial charge in [0.25, 0.3) is 0 Å². The number of aryl methyl sites for hydroxylation is 1. The maximum Gasteiger partial charge on any atom is 0.201 e. The summed E-state index contributed by atoms with van der Waals surface area (Å²) in [4.78, 5) is 4.33. The number of aromatic nitrogens is 2. The molecule has 0 aliphatic carbocycles. The van der Waals surface area contributed by atoms with Crippen molar-refractivity contribution in [3.8, 4) is 0 Å². The Morgan fingerprint density at radius 2 is 2.29 bits per heavy atom. The van der Waals surface area contributed by atoms with E-state index < -0.39 is 0 Å². The lowest BCUT2D eigenvalue weighted by Crippen LogP contribution is -2.07. The molecule has 1 atom stereocenters. The molecule has 0 fully saturated rings. The van der Waals surface area contributed by atoms with Crippen molar-refractivity contribution >= 4 is 40.3 Å². The highest BCUT2D eigenvalue weighted by Crippen LogP contribution is 2.23. The molecule has 92 valence electrons. The second kappa shape index (κ2) is 5.19. The van der Waals surface area contributed by atoms with Gasteiger partial charge in [-0.15, -0.1) is 0 Å². The number of anilines is 1. The van der Waals surface area contributed by atoms with Crippen LogP contribution in [0.25, 0.3) is 11.0 Å². The number of fused-ring (bicyclic) bond motifs is 1. The number of halogens is 1. The zero-order valence-corrected chi connectivity index (χ0v) is 11.6. The molecule has 2 rings (SSSR count). The minimum absolute atomic E-state index is 0.565. The van der Waals surface area contributed by atoms with Gasteiger partial charge in [-0.1, -0.05) is 18.5 Å². The molecule has 1 unspecified atom stereocenters. The van der Waals surface area contributed by atoms with Crippen LogP contribution in [0.1, 0.15) is 13.3 Å². The molecule has 0 bridgehead atoms. The first kappa shape index (κ1) is 12.6. The van der Waals surface area contributed by atoms with Crippen molar-refractivity contribution in [1.82, 2.24) is 9.55 Å². The van der Waals surface area contributed by atoms with Crippen LogP contribution >= 0.6 is 23.4 Å². The van der Waals surface area contributed by atoms with Crippen LogP contribution in [0.5, 0.6) is 0 Å². The lowest BCUT2D eigenvalue weighted by atomic mass is 10.3. The van der Waals surface area contributed by atoms with Crippen molar-refractivity contribution in [2.24, 2.45) is 0 Å². The van der Waals surface area contributed by atoms with E-state index >= 15 is 0 Å². The highest BCUT2D eigenvalue weighted by atomic mass is 35.5. The highest BCUT2D eigenvalue weighted by Gasteiger charge is 2.09. The molecule has 0 saturated carbocycles. The Morgan fingerprint density at radius 3 is 3.00 bits per heavy atom. The van der Waals surface area contributed by atoms with Gasteiger partial charge in [-0.3, -0.25) is 0 Å². The van der Waals surface area contributed by atoms with E-state index in [-0.39, 0.29) is 0 Å². The van der Waals surface area contributed by atoms with Crippen LogP contribution < -0.4 is 5.73 Å². The Hall–Kier alpha value is -0.870. The standard InChI is InChI=1S/C12H16ClN3S/c1-8(17-2)5-6-16-11-7-9(13)3-4-10(11)15-12(16)14/h3-4,7-8H,5-6H2,1-2H3,(H2,14,15). The summed E-state index contributed by atoms with van der Waals surface area (Å²) in [6, 6.07) is 5.66. The van der Waals surface area contributed by atoms with E-state index in [9.17, 15) is 0 Å². The van der Waals surface area contributed by atoms with Crippen LogP contribution in [0.2, 0.25) is 5.02 Å². The van der Waals surface area contributed by atoms with Crippen molar-refractivity contribution in [2.45, 2.75) is 25.1 Å². The summed E-state index contributed by atoms with van der Waals surface area (Å²) in [5.41, 5.74) is 7.86. The number of benzene rings is 1. The van der Waals surface area contributed by atoms with Crippen molar-refractivity contribution < 1.29 is 0 Å². The molecule has 0 radical (unpaired) electrons. The third-order valence-electron chi connectivity index (χ3n) is 2.90. The highest BCUT2D eigenvalue weighted by molar-refractivity contribution is 7.99. The van der Waals surface area contributed by atoms with Crippen LogP contribution in [0.3, 0.4) is 0 Å². The molecule has 2 N–H and O–H groups in total. The molecule has 1 aromatic carbocycles. The minimum atomic E-state index is 0.565. The Labute approximate surface area is 110 Å². The normalized spacial score (nSPS) is 13.1. The summed E-state index contributed by atoms with van der Waals surface area (Å²) >= 11 is 7.86. The van der Waals surface area contributed by atoms with Crippen LogP contribution in [-0.2, 0) is 6.54 Å². The van der Waals surface area contributed by atoms with Gasteiger partial charge in [0.1, 0.15) is 0 Å². The fourth-order valence-electron chi connectivity index (χ4n) is 1.78. The van der Waals surface area contributed by atoms with E-state index in [2.05, 4.69) is 18.2 Å². The van der Waals surface area contributed by atoms with Crippen molar-refractivity contribution in [2.75, 3.05) is 12.0 Å². The molecule has 2 aromatic rings. The quantitative estimate of drug-likeness (QED) is 0.925. The molecular weight excluding hydrogens is 254 g/mol. The van der Waals surface area contributed by atoms with Crippen molar-refractivity contribution in [1.29, 1.82) is 0 Å². The van der Waals surface area contributed by atoms with Gasteiger partial charge in [0.05, 0.1) is 11.0 Å². The first-order chi connectivity index (χ1) is 8.11. The van der Waals surface area contributed by atoms with E-state index in [4.69, 9.17) is 17.3 Å². The fraction of sp³-hybridized carbons (Fsp3) is 0.417. The van der Waals surface area contributed by atoms with Crippen LogP contribution in [0, 0.1) is 0 Å². The molecule has 0 saturated heterocycles. The molecule has 1 aromatic heterocycles. The number of hydrogen-bond donors (Lipinski definition) is 1. The lowest BCUT2D eigenvalue weighted by molar-refractivity contribution is 0.662. The zero-order valence-electron chi connectivity index (χ0n) is 9.98. The van der Waals surface area contributed by atoms with Gasteiger partial charge < -0.3 is 10.3 Å². The van der Waals surface area contributed by atoms with E-state index in [0.717, 1.165) is 29.0 Å². The summed E-state index contributed by atoms with van der Waals surface area (Å²) in [5, 5.41) is 1.34. The zero-order chi connectivity index (χ0) is 12.4. The lowest BCUT2D eigenvalue weighted by Gasteiger charge is -2.10. The molecule has 0 spiro atoms. The molecule has 0 aliphatic heterocycles. The minimum Gasteiger partial charge on any atom is -0.369 e. The van der Waals surface area contributed by atoms with Crippen LogP contribution in [0.4, 0.5) is 5.95 Å². The van der Waals surface area contributed by atoms with Gasteiger partial charge in [-0.2, -0.15) is 11.8 Å². The fourth-order valence-corrected chi connectivity index (χ4v) is 2.29. The molecule has 5 heteroatoms. The number of rotatable bonds is 4. The van der Waals surface area contributed by atoms with E-state index in [1.165, 1.54) is 0 Å². The number of imidazole rings is 1. The van der Waals surface area contributed by atoms with Crippen LogP contribution in [-0.4, -0.2) is 21.1 Å². The molecule has 0 aliphatic rings. The predicted octanol–water partition coefficient (Wildman–Crippen LogP) is 3.41. The van der Waals surface area contributed by atoms with Crippen molar-refractivity contribution in [3.05, 3.63) is 23.2 Å². The van der Waals surface area contributed by atoms with E-state index in [1.54, 1.807) is 0 Å². The third-order valence-corrected chi connectivity index (χ3v) is 4.18. The number of thioether (sulfide) groups is 1. The third kappa shape index (κ3) is 2.69. The Morgan fingerprint density at radius 1 is 1.53 bits per heavy atom. The second-order valence-electron chi connectivity index (χ2n) is 4.09. The average molecular weight is 270 g/mol. The van der Waals surface area contributed by atoms with Gasteiger partial charge in [-0.25, -0.2) is 4.98 Å². The topological polar surface area (TPSA) is 43.8 Å². The maximum atomic E-state index is 6.00. The Balaban J connectivity index is 2.32. The number of nitrogen functional groups attached to an aromatic ring is 1. The summed E-state index contributed by atoms with van der Waals surface area (Å²) in [6.07, 6.45) is 3.19. The largest absolute Gasteiger partial charge is 0.369 e. The maximum absolute atomic E-state index is 6.00. The monoisotopic (exact) mass is 269 g/mol. The Kier molecular flexibility index (Phi) is 3.84. The SMILES string of the molecule is CSC(C)CCn1c(N)nc2ccc(Cl)cc21.